The van der Waals surface area contributed by atoms with Crippen molar-refractivity contribution in [3.05, 3.63) is 88.4 Å². The molecule has 1 aliphatic rings. The summed E-state index contributed by atoms with van der Waals surface area (Å²) in [7, 11) is -4.02. The van der Waals surface area contributed by atoms with E-state index in [0.29, 0.717) is 17.0 Å². The molecular weight excluding hydrogens is 596 g/mol. The van der Waals surface area contributed by atoms with E-state index in [1.54, 1.807) is 60.7 Å². The first-order valence-electron chi connectivity index (χ1n) is 12.9. The second kappa shape index (κ2) is 13.6. The van der Waals surface area contributed by atoms with Crippen LogP contribution in [0.5, 0.6) is 5.75 Å². The number of hydrogen-bond donors (Lipinski definition) is 1. The molecule has 3 aromatic carbocycles. The lowest BCUT2D eigenvalue weighted by molar-refractivity contribution is -0.134. The molecule has 4 rings (SSSR count). The molecule has 40 heavy (non-hydrogen) atoms. The maximum Gasteiger partial charge on any atom is 0.264 e. The standard InChI is InChI=1S/C29H31BrN4O5S/c1-22-5-15-27(16-6-22)40(37,38)34(25-11-9-24(30)10-12-25)20-28(35)32-31-19-23-7-13-26(14-8-23)39-21-29(36)33-17-3-2-4-18-33/h5-16,19H,2-4,17-18,20-21H2,1H3,(H,32,35)/b31-19-. The van der Waals surface area contributed by atoms with Gasteiger partial charge in [-0.1, -0.05) is 33.6 Å². The summed E-state index contributed by atoms with van der Waals surface area (Å²) in [5, 5.41) is 3.98. The number of sulfonamides is 1. The minimum Gasteiger partial charge on any atom is -0.484 e. The van der Waals surface area contributed by atoms with Crippen LogP contribution in [0.2, 0.25) is 0 Å². The fourth-order valence-corrected chi connectivity index (χ4v) is 5.82. The van der Waals surface area contributed by atoms with Gasteiger partial charge in [-0.3, -0.25) is 13.9 Å². The summed E-state index contributed by atoms with van der Waals surface area (Å²) in [4.78, 5) is 26.9. The zero-order valence-corrected chi connectivity index (χ0v) is 24.5. The first kappa shape index (κ1) is 29.3. The quantitative estimate of drug-likeness (QED) is 0.263. The molecule has 0 atom stereocenters. The Labute approximate surface area is 243 Å². The smallest absolute Gasteiger partial charge is 0.264 e. The predicted molar refractivity (Wildman–Crippen MR) is 158 cm³/mol. The van der Waals surface area contributed by atoms with E-state index in [1.807, 2.05) is 11.8 Å². The second-order valence-electron chi connectivity index (χ2n) is 9.39. The summed E-state index contributed by atoms with van der Waals surface area (Å²) >= 11 is 3.35. The van der Waals surface area contributed by atoms with E-state index in [0.717, 1.165) is 46.7 Å². The Kier molecular flexibility index (Phi) is 9.94. The van der Waals surface area contributed by atoms with Crippen LogP contribution >= 0.6 is 15.9 Å². The van der Waals surface area contributed by atoms with Crippen LogP contribution in [0.15, 0.2) is 87.3 Å². The molecule has 0 aromatic heterocycles. The van der Waals surface area contributed by atoms with Gasteiger partial charge < -0.3 is 9.64 Å². The van der Waals surface area contributed by atoms with Crippen molar-refractivity contribution in [3.63, 3.8) is 0 Å². The number of hydrazone groups is 1. The van der Waals surface area contributed by atoms with Crippen molar-refractivity contribution in [2.75, 3.05) is 30.5 Å². The van der Waals surface area contributed by atoms with Crippen molar-refractivity contribution >= 4 is 49.7 Å². The zero-order valence-electron chi connectivity index (χ0n) is 22.1. The number of aryl methyl sites for hydroxylation is 1. The number of amides is 2. The summed E-state index contributed by atoms with van der Waals surface area (Å²) in [6.07, 6.45) is 4.66. The summed E-state index contributed by atoms with van der Waals surface area (Å²) in [5.41, 5.74) is 4.35. The number of likely N-dealkylation sites (tertiary alicyclic amines) is 1. The molecule has 1 aliphatic heterocycles. The van der Waals surface area contributed by atoms with Gasteiger partial charge in [-0.15, -0.1) is 0 Å². The molecule has 0 aliphatic carbocycles. The van der Waals surface area contributed by atoms with Gasteiger partial charge in [-0.25, -0.2) is 13.8 Å². The van der Waals surface area contributed by atoms with Crippen LogP contribution in [0, 0.1) is 6.92 Å². The zero-order chi connectivity index (χ0) is 28.5. The van der Waals surface area contributed by atoms with Gasteiger partial charge >= 0.3 is 0 Å². The Morgan fingerprint density at radius 2 is 1.62 bits per heavy atom. The van der Waals surface area contributed by atoms with E-state index >= 15 is 0 Å². The number of rotatable bonds is 10. The molecule has 1 saturated heterocycles. The number of carbonyl (C=O) groups is 2. The molecule has 0 spiro atoms. The van der Waals surface area contributed by atoms with Crippen molar-refractivity contribution in [2.24, 2.45) is 5.10 Å². The normalized spacial score (nSPS) is 13.7. The van der Waals surface area contributed by atoms with Crippen LogP contribution in [-0.4, -0.2) is 57.6 Å². The van der Waals surface area contributed by atoms with Crippen LogP contribution in [0.25, 0.3) is 0 Å². The average molecular weight is 628 g/mol. The Hall–Kier alpha value is -3.70. The fraction of sp³-hybridized carbons (Fsp3) is 0.276. The van der Waals surface area contributed by atoms with Gasteiger partial charge in [0, 0.05) is 17.6 Å². The Balaban J connectivity index is 1.36. The number of nitrogens with zero attached hydrogens (tertiary/aromatic N) is 3. The van der Waals surface area contributed by atoms with E-state index < -0.39 is 22.5 Å². The first-order valence-corrected chi connectivity index (χ1v) is 15.1. The Morgan fingerprint density at radius 3 is 2.27 bits per heavy atom. The molecule has 3 aromatic rings. The largest absolute Gasteiger partial charge is 0.484 e. The van der Waals surface area contributed by atoms with Gasteiger partial charge in [0.05, 0.1) is 16.8 Å². The van der Waals surface area contributed by atoms with E-state index in [1.165, 1.54) is 18.3 Å². The van der Waals surface area contributed by atoms with E-state index in [2.05, 4.69) is 26.5 Å². The highest BCUT2D eigenvalue weighted by Gasteiger charge is 2.27. The molecule has 210 valence electrons. The van der Waals surface area contributed by atoms with Crippen molar-refractivity contribution in [1.29, 1.82) is 0 Å². The molecular formula is C29H31BrN4O5S. The number of piperidine rings is 1. The number of hydrogen-bond acceptors (Lipinski definition) is 6. The van der Waals surface area contributed by atoms with Crippen molar-refractivity contribution in [2.45, 2.75) is 31.1 Å². The van der Waals surface area contributed by atoms with Crippen LogP contribution in [0.4, 0.5) is 5.69 Å². The molecule has 2 amide bonds. The third-order valence-corrected chi connectivity index (χ3v) is 8.68. The van der Waals surface area contributed by atoms with Crippen LogP contribution < -0.4 is 14.5 Å². The van der Waals surface area contributed by atoms with Crippen molar-refractivity contribution in [3.8, 4) is 5.75 Å². The van der Waals surface area contributed by atoms with Crippen LogP contribution in [0.1, 0.15) is 30.4 Å². The van der Waals surface area contributed by atoms with Gasteiger partial charge in [0.25, 0.3) is 21.8 Å². The fourth-order valence-electron chi connectivity index (χ4n) is 4.13. The third-order valence-electron chi connectivity index (χ3n) is 6.36. The van der Waals surface area contributed by atoms with E-state index in [4.69, 9.17) is 4.74 Å². The monoisotopic (exact) mass is 626 g/mol. The highest BCUT2D eigenvalue weighted by atomic mass is 79.9. The second-order valence-corrected chi connectivity index (χ2v) is 12.2. The molecule has 11 heteroatoms. The highest BCUT2D eigenvalue weighted by molar-refractivity contribution is 9.10. The lowest BCUT2D eigenvalue weighted by atomic mass is 10.1. The summed E-state index contributed by atoms with van der Waals surface area (Å²) in [5.74, 6) is -0.0707. The first-order chi connectivity index (χ1) is 19.2. The van der Waals surface area contributed by atoms with E-state index in [9.17, 15) is 18.0 Å². The van der Waals surface area contributed by atoms with Gasteiger partial charge in [0.1, 0.15) is 12.3 Å². The minimum absolute atomic E-state index is 0.0101. The van der Waals surface area contributed by atoms with Crippen LogP contribution in [-0.2, 0) is 19.6 Å². The highest BCUT2D eigenvalue weighted by Crippen LogP contribution is 2.25. The minimum atomic E-state index is -4.02. The number of anilines is 1. The van der Waals surface area contributed by atoms with Gasteiger partial charge in [-0.05, 0) is 92.4 Å². The number of halogens is 1. The van der Waals surface area contributed by atoms with Crippen LogP contribution in [0.3, 0.4) is 0 Å². The number of carbonyl (C=O) groups excluding carboxylic acids is 2. The molecule has 1 heterocycles. The van der Waals surface area contributed by atoms with E-state index in [-0.39, 0.29) is 17.4 Å². The summed E-state index contributed by atoms with van der Waals surface area (Å²) in [6.45, 7) is 2.95. The van der Waals surface area contributed by atoms with Gasteiger partial charge in [0.15, 0.2) is 6.61 Å². The van der Waals surface area contributed by atoms with Crippen molar-refractivity contribution < 1.29 is 22.7 Å². The molecule has 0 saturated carbocycles. The molecule has 0 radical (unpaired) electrons. The molecule has 0 bridgehead atoms. The predicted octanol–water partition coefficient (Wildman–Crippen LogP) is 4.49. The Morgan fingerprint density at radius 1 is 0.975 bits per heavy atom. The maximum absolute atomic E-state index is 13.4. The number of benzene rings is 3. The summed E-state index contributed by atoms with van der Waals surface area (Å²) in [6, 6.07) is 20.0. The molecule has 1 fully saturated rings. The SMILES string of the molecule is Cc1ccc(S(=O)(=O)N(CC(=O)N/N=C\c2ccc(OCC(=O)N3CCCCC3)cc2)c2ccc(Br)cc2)cc1. The third kappa shape index (κ3) is 7.92. The molecule has 0 unspecified atom stereocenters. The Bertz CT molecular complexity index is 1440. The molecule has 9 nitrogen and oxygen atoms in total. The topological polar surface area (TPSA) is 108 Å². The van der Waals surface area contributed by atoms with Crippen molar-refractivity contribution in [1.82, 2.24) is 10.3 Å². The number of ether oxygens (including phenoxy) is 1. The number of nitrogens with one attached hydrogen (secondary N) is 1. The van der Waals surface area contributed by atoms with Gasteiger partial charge in [0.2, 0.25) is 0 Å². The average Bonchev–Trinajstić information content (AvgIpc) is 2.96. The lowest BCUT2D eigenvalue weighted by Crippen LogP contribution is -2.39. The lowest BCUT2D eigenvalue weighted by Gasteiger charge is -2.26. The van der Waals surface area contributed by atoms with Gasteiger partial charge in [-0.2, -0.15) is 5.10 Å². The maximum atomic E-state index is 13.4. The summed E-state index contributed by atoms with van der Waals surface area (Å²) < 4.78 is 34.3. The molecule has 1 N–H and O–H groups in total.